The lowest BCUT2D eigenvalue weighted by Gasteiger charge is -2.19. The molecule has 1 unspecified atom stereocenters. The first kappa shape index (κ1) is 18.7. The van der Waals surface area contributed by atoms with Gasteiger partial charge in [-0.05, 0) is 34.9 Å². The standard InChI is InChI=1S/C19H15F3N2O3S/c20-19(21,22)16-10-24(17-9-14(28(23,26)27)5-6-15(16)17)18(25)13-7-11-3-1-2-4-12(11)8-13/h1-7,9,16H,8,10H2,(H2,23,26,27). The van der Waals surface area contributed by atoms with Gasteiger partial charge in [-0.1, -0.05) is 30.3 Å². The van der Waals surface area contributed by atoms with Crippen LogP contribution in [0.5, 0.6) is 0 Å². The Bertz CT molecular complexity index is 1120. The largest absolute Gasteiger partial charge is 0.397 e. The van der Waals surface area contributed by atoms with E-state index in [1.807, 2.05) is 24.3 Å². The highest BCUT2D eigenvalue weighted by molar-refractivity contribution is 7.89. The average Bonchev–Trinajstić information content (AvgIpc) is 3.21. The molecular weight excluding hydrogens is 393 g/mol. The molecular formula is C19H15F3N2O3S. The van der Waals surface area contributed by atoms with Gasteiger partial charge in [0.05, 0.1) is 10.8 Å². The van der Waals surface area contributed by atoms with E-state index in [9.17, 15) is 26.4 Å². The van der Waals surface area contributed by atoms with Crippen molar-refractivity contribution in [1.29, 1.82) is 0 Å². The van der Waals surface area contributed by atoms with Crippen LogP contribution in [0, 0.1) is 0 Å². The van der Waals surface area contributed by atoms with Crippen LogP contribution in [-0.4, -0.2) is 27.0 Å². The summed E-state index contributed by atoms with van der Waals surface area (Å²) in [7, 11) is -4.12. The predicted octanol–water partition coefficient (Wildman–Crippen LogP) is 2.97. The second kappa shape index (κ2) is 6.18. The molecule has 0 saturated carbocycles. The van der Waals surface area contributed by atoms with Gasteiger partial charge in [-0.15, -0.1) is 0 Å². The molecule has 0 saturated heterocycles. The van der Waals surface area contributed by atoms with Crippen LogP contribution >= 0.6 is 0 Å². The van der Waals surface area contributed by atoms with Crippen molar-refractivity contribution in [2.45, 2.75) is 23.4 Å². The number of anilines is 1. The molecule has 2 aliphatic rings. The van der Waals surface area contributed by atoms with Gasteiger partial charge in [0.1, 0.15) is 0 Å². The minimum Gasteiger partial charge on any atom is -0.307 e. The maximum atomic E-state index is 13.5. The van der Waals surface area contributed by atoms with Crippen LogP contribution in [0.3, 0.4) is 0 Å². The van der Waals surface area contributed by atoms with Gasteiger partial charge in [0, 0.05) is 24.2 Å². The summed E-state index contributed by atoms with van der Waals surface area (Å²) in [6, 6.07) is 10.5. The van der Waals surface area contributed by atoms with Gasteiger partial charge in [-0.3, -0.25) is 4.79 Å². The highest BCUT2D eigenvalue weighted by Gasteiger charge is 2.48. The number of benzene rings is 2. The number of hydrogen-bond acceptors (Lipinski definition) is 3. The summed E-state index contributed by atoms with van der Waals surface area (Å²) >= 11 is 0. The van der Waals surface area contributed by atoms with Crippen molar-refractivity contribution < 1.29 is 26.4 Å². The number of hydrogen-bond donors (Lipinski definition) is 1. The Morgan fingerprint density at radius 1 is 1.14 bits per heavy atom. The molecule has 1 amide bonds. The third kappa shape index (κ3) is 3.10. The van der Waals surface area contributed by atoms with E-state index < -0.39 is 34.6 Å². The van der Waals surface area contributed by atoms with E-state index in [1.54, 1.807) is 6.08 Å². The van der Waals surface area contributed by atoms with Gasteiger partial charge in [0.25, 0.3) is 5.91 Å². The van der Waals surface area contributed by atoms with Crippen molar-refractivity contribution in [1.82, 2.24) is 0 Å². The summed E-state index contributed by atoms with van der Waals surface area (Å²) < 4.78 is 63.8. The minimum atomic E-state index is -4.57. The summed E-state index contributed by atoms with van der Waals surface area (Å²) in [4.78, 5) is 13.7. The topological polar surface area (TPSA) is 80.5 Å². The second-order valence-electron chi connectivity index (χ2n) is 6.82. The monoisotopic (exact) mass is 408 g/mol. The highest BCUT2D eigenvalue weighted by atomic mass is 32.2. The van der Waals surface area contributed by atoms with Crippen LogP contribution < -0.4 is 10.0 Å². The van der Waals surface area contributed by atoms with E-state index in [1.165, 1.54) is 0 Å². The maximum absolute atomic E-state index is 13.5. The van der Waals surface area contributed by atoms with Gasteiger partial charge in [0.2, 0.25) is 10.0 Å². The number of alkyl halides is 3. The van der Waals surface area contributed by atoms with Gasteiger partial charge in [0.15, 0.2) is 0 Å². The van der Waals surface area contributed by atoms with E-state index in [4.69, 9.17) is 5.14 Å². The van der Waals surface area contributed by atoms with Gasteiger partial charge in [-0.25, -0.2) is 13.6 Å². The smallest absolute Gasteiger partial charge is 0.307 e. The Labute approximate surface area is 159 Å². The molecule has 1 atom stereocenters. The van der Waals surface area contributed by atoms with E-state index in [0.717, 1.165) is 34.2 Å². The van der Waals surface area contributed by atoms with Gasteiger partial charge < -0.3 is 4.90 Å². The normalized spacial score (nSPS) is 18.6. The molecule has 0 spiro atoms. The summed E-state index contributed by atoms with van der Waals surface area (Å²) in [6.07, 6.45) is -2.60. The number of fused-ring (bicyclic) bond motifs is 2. The number of halogens is 3. The molecule has 0 aromatic heterocycles. The van der Waals surface area contributed by atoms with Crippen LogP contribution in [0.2, 0.25) is 0 Å². The van der Waals surface area contributed by atoms with Crippen molar-refractivity contribution >= 4 is 27.7 Å². The molecule has 28 heavy (non-hydrogen) atoms. The van der Waals surface area contributed by atoms with E-state index in [-0.39, 0.29) is 16.1 Å². The molecule has 2 N–H and O–H groups in total. The Kier molecular flexibility index (Phi) is 4.13. The second-order valence-corrected chi connectivity index (χ2v) is 8.38. The number of nitrogens with two attached hydrogens (primary N) is 1. The Balaban J connectivity index is 1.76. The molecule has 1 aliphatic carbocycles. The van der Waals surface area contributed by atoms with Crippen LogP contribution in [0.4, 0.5) is 18.9 Å². The zero-order chi connectivity index (χ0) is 20.3. The third-order valence-electron chi connectivity index (χ3n) is 5.04. The molecule has 2 aromatic rings. The van der Waals surface area contributed by atoms with Gasteiger partial charge >= 0.3 is 6.18 Å². The van der Waals surface area contributed by atoms with Crippen molar-refractivity contribution in [2.75, 3.05) is 11.4 Å². The van der Waals surface area contributed by atoms with Crippen molar-refractivity contribution in [3.05, 3.63) is 64.7 Å². The number of sulfonamides is 1. The molecule has 5 nitrogen and oxygen atoms in total. The fraction of sp³-hybridized carbons (Fsp3) is 0.211. The van der Waals surface area contributed by atoms with Crippen LogP contribution in [-0.2, 0) is 21.2 Å². The fourth-order valence-corrected chi connectivity index (χ4v) is 4.20. The number of nitrogens with zero attached hydrogens (tertiary/aromatic N) is 1. The molecule has 0 bridgehead atoms. The zero-order valence-corrected chi connectivity index (χ0v) is 15.2. The third-order valence-corrected chi connectivity index (χ3v) is 5.95. The van der Waals surface area contributed by atoms with Crippen molar-refractivity contribution in [3.8, 4) is 0 Å². The number of primary sulfonamides is 1. The lowest BCUT2D eigenvalue weighted by atomic mass is 10.0. The van der Waals surface area contributed by atoms with Crippen LogP contribution in [0.25, 0.3) is 6.08 Å². The average molecular weight is 408 g/mol. The van der Waals surface area contributed by atoms with Gasteiger partial charge in [-0.2, -0.15) is 13.2 Å². The fourth-order valence-electron chi connectivity index (χ4n) is 3.67. The minimum absolute atomic E-state index is 0.0734. The summed E-state index contributed by atoms with van der Waals surface area (Å²) in [6.45, 7) is -0.598. The summed E-state index contributed by atoms with van der Waals surface area (Å²) in [5, 5.41) is 5.11. The predicted molar refractivity (Wildman–Crippen MR) is 97.1 cm³/mol. The molecule has 1 aliphatic heterocycles. The SMILES string of the molecule is NS(=O)(=O)c1ccc2c(c1)N(C(=O)C1=Cc3ccccc3C1)CC2C(F)(F)F. The molecule has 4 rings (SSSR count). The van der Waals surface area contributed by atoms with Crippen LogP contribution in [0.15, 0.2) is 52.9 Å². The zero-order valence-electron chi connectivity index (χ0n) is 14.4. The van der Waals surface area contributed by atoms with Crippen molar-refractivity contribution in [3.63, 3.8) is 0 Å². The molecule has 0 fully saturated rings. The number of rotatable bonds is 2. The quantitative estimate of drug-likeness (QED) is 0.830. The summed E-state index contributed by atoms with van der Waals surface area (Å²) in [5.41, 5.74) is 1.91. The first-order valence-electron chi connectivity index (χ1n) is 8.39. The molecule has 1 heterocycles. The summed E-state index contributed by atoms with van der Waals surface area (Å²) in [5.74, 6) is -2.46. The number of amides is 1. The first-order valence-corrected chi connectivity index (χ1v) is 9.94. The van der Waals surface area contributed by atoms with E-state index in [2.05, 4.69) is 0 Å². The number of carbonyl (C=O) groups excluding carboxylic acids is 1. The molecule has 9 heteroatoms. The Morgan fingerprint density at radius 3 is 2.50 bits per heavy atom. The molecule has 146 valence electrons. The highest BCUT2D eigenvalue weighted by Crippen LogP contribution is 2.46. The Morgan fingerprint density at radius 2 is 1.86 bits per heavy atom. The first-order chi connectivity index (χ1) is 13.1. The Hall–Kier alpha value is -2.65. The van der Waals surface area contributed by atoms with E-state index >= 15 is 0 Å². The molecule has 2 aromatic carbocycles. The van der Waals surface area contributed by atoms with Crippen LogP contribution in [0.1, 0.15) is 22.6 Å². The van der Waals surface area contributed by atoms with E-state index in [0.29, 0.717) is 12.0 Å². The lowest BCUT2D eigenvalue weighted by molar-refractivity contribution is -0.146. The maximum Gasteiger partial charge on any atom is 0.397 e. The van der Waals surface area contributed by atoms with Crippen molar-refractivity contribution in [2.24, 2.45) is 5.14 Å². The molecule has 0 radical (unpaired) electrons. The number of carbonyl (C=O) groups is 1. The lowest BCUT2D eigenvalue weighted by Crippen LogP contribution is -2.34.